The van der Waals surface area contributed by atoms with Crippen molar-refractivity contribution in [1.82, 2.24) is 83.7 Å². The van der Waals surface area contributed by atoms with Crippen molar-refractivity contribution in [3.63, 3.8) is 0 Å². The molecule has 0 bridgehead atoms. The zero-order chi connectivity index (χ0) is 83.2. The molecule has 0 aliphatic carbocycles. The number of carboxylic acids is 1. The van der Waals surface area contributed by atoms with E-state index in [9.17, 15) is 86.5 Å². The average Bonchev–Trinajstić information content (AvgIpc) is 1.15. The number of aromatic nitrogens is 4. The van der Waals surface area contributed by atoms with E-state index in [0.29, 0.717) is 28.4 Å². The second kappa shape index (κ2) is 44.4. The number of nitrogens with one attached hydrogen (secondary N) is 15. The minimum Gasteiger partial charge on any atom is -0.481 e. The number of hydrogen-bond acceptors (Lipinski definition) is 22. The number of guanidine groups is 1. The van der Waals surface area contributed by atoms with Crippen LogP contribution in [0.3, 0.4) is 0 Å². The number of H-pyrrole nitrogens is 3. The van der Waals surface area contributed by atoms with E-state index in [0.717, 1.165) is 13.2 Å². The maximum absolute atomic E-state index is 14.8. The smallest absolute Gasteiger partial charge is 0.328 e. The first kappa shape index (κ1) is 91.2. The van der Waals surface area contributed by atoms with Gasteiger partial charge in [-0.15, -0.1) is 0 Å². The Kier molecular flexibility index (Phi) is 36.2. The van der Waals surface area contributed by atoms with Crippen LogP contribution in [0.5, 0.6) is 0 Å². The number of imidazole rings is 1. The predicted octanol–water partition coefficient (Wildman–Crippen LogP) is -4.76. The van der Waals surface area contributed by atoms with Gasteiger partial charge in [-0.1, -0.05) is 52.3 Å². The van der Waals surface area contributed by atoms with Gasteiger partial charge in [-0.3, -0.25) is 72.1 Å². The van der Waals surface area contributed by atoms with Crippen LogP contribution in [-0.2, 0) is 95.9 Å². The third kappa shape index (κ3) is 28.2. The van der Waals surface area contributed by atoms with Gasteiger partial charge in [-0.2, -0.15) is 25.3 Å². The van der Waals surface area contributed by atoms with Gasteiger partial charge >= 0.3 is 11.9 Å². The van der Waals surface area contributed by atoms with Crippen molar-refractivity contribution in [3.8, 4) is 0 Å². The first-order valence-electron chi connectivity index (χ1n) is 35.7. The van der Waals surface area contributed by atoms with Gasteiger partial charge in [0.2, 0.25) is 76.8 Å². The number of esters is 1. The molecule has 5 aromatic rings. The first-order chi connectivity index (χ1) is 53.0. The number of aliphatic hydroxyl groups excluding tert-OH is 1. The number of para-hydroxylation sites is 1. The summed E-state index contributed by atoms with van der Waals surface area (Å²) in [6, 6.07) is -8.07. The lowest BCUT2D eigenvalue weighted by Gasteiger charge is -2.29. The van der Waals surface area contributed by atoms with Crippen LogP contribution in [0, 0.1) is 17.7 Å². The summed E-state index contributed by atoms with van der Waals surface area (Å²) >= 11 is 8.40. The lowest BCUT2D eigenvalue weighted by Crippen LogP contribution is -2.61. The summed E-state index contributed by atoms with van der Waals surface area (Å²) in [5, 5.41) is 50.5. The van der Waals surface area contributed by atoms with E-state index >= 15 is 0 Å². The number of nitrogens with zero attached hydrogens (tertiary/aromatic N) is 2. The Morgan fingerprint density at radius 1 is 0.580 bits per heavy atom. The topological polar surface area (TPSA) is 627 Å². The third-order valence-electron chi connectivity index (χ3n) is 17.9. The second-order valence-electron chi connectivity index (χ2n) is 26.8. The van der Waals surface area contributed by atoms with Crippen molar-refractivity contribution < 1.29 is 91.3 Å². The Morgan fingerprint density at radius 2 is 1.08 bits per heavy atom. The Bertz CT molecular complexity index is 4180. The number of aliphatic imine (C=N–C) groups is 1. The van der Waals surface area contributed by atoms with Crippen LogP contribution in [-0.4, -0.2) is 235 Å². The maximum atomic E-state index is 14.8. The van der Waals surface area contributed by atoms with Gasteiger partial charge in [-0.05, 0) is 80.3 Å². The zero-order valence-electron chi connectivity index (χ0n) is 62.6. The van der Waals surface area contributed by atoms with Crippen LogP contribution in [0.1, 0.15) is 96.9 Å². The van der Waals surface area contributed by atoms with Crippen LogP contribution in [0.15, 0.2) is 72.4 Å². The highest BCUT2D eigenvalue weighted by molar-refractivity contribution is 7.80. The molecule has 0 saturated heterocycles. The number of thiol groups is 2. The molecule has 0 saturated carbocycles. The normalized spacial score (nSPS) is 15.0. The van der Waals surface area contributed by atoms with Crippen LogP contribution in [0.4, 0.5) is 4.39 Å². The number of methoxy groups -OCH3 is 1. The standard InChI is InChI=1S/C70H100FN21O18S2/c1-8-33(4)57(69(109)110-7)92-66(106)51(30-112)90-68(108)56(32(2)3)91-64(104)47(21-37-26-79-43-16-15-38(71)22-41(37)43)86-60(100)45(17-18-52(72)94)85-63(103)49(24-54(96)97)88-62(102)46(20-36-25-78-42-13-10-9-12-40(36)42)83-53(95)28-80-58(98)34(5)82-61(101)48(23-39-27-76-31-81-39)87-59(99)44(14-11-19-77-70(74)75)84-65(105)50(29-111)89-67(107)55(73)35(6)93/h9-10,12-13,15-16,22,25-27,31-35,44-51,55-57,78-79,93,111-112H,8,11,14,17-21,23-24,28-30,73H2,1-7H3,(H2,72,94)(H,76,81)(H,80,98)(H,82,101)(H,83,95)(H,84,105)(H,85,103)(H,86,100)(H,87,99)(H,88,102)(H,89,107)(H,90,108)(H,91,104)(H,92,106)(H,96,97)(H4,74,75,77)/t33?,34-,35+,44-,45-,46-,47-,48-,49-,50-,51-,55-,56-,57-/m0/s1. The number of aliphatic carboxylic acids is 1. The minimum atomic E-state index is -2.09. The Morgan fingerprint density at radius 3 is 1.64 bits per heavy atom. The fraction of sp³-hybridized carbons (Fsp3) is 0.500. The van der Waals surface area contributed by atoms with Crippen molar-refractivity contribution in [2.45, 2.75) is 178 Å². The van der Waals surface area contributed by atoms with Gasteiger partial charge in [0.1, 0.15) is 78.3 Å². The quantitative estimate of drug-likeness (QED) is 0.00572. The fourth-order valence-electron chi connectivity index (χ4n) is 11.3. The monoisotopic (exact) mass is 1610 g/mol. The number of carbonyl (C=O) groups is 15. The summed E-state index contributed by atoms with van der Waals surface area (Å²) in [6.07, 6.45) is 1.23. The second-order valence-corrected chi connectivity index (χ2v) is 27.6. The molecule has 25 N–H and O–H groups in total. The molecule has 1 unspecified atom stereocenters. The van der Waals surface area contributed by atoms with Crippen LogP contribution < -0.4 is 86.7 Å². The average molecular weight is 1610 g/mol. The van der Waals surface area contributed by atoms with Crippen molar-refractivity contribution in [2.75, 3.05) is 31.7 Å². The molecular weight excluding hydrogens is 1510 g/mol. The van der Waals surface area contributed by atoms with E-state index in [1.54, 1.807) is 52.0 Å². The molecule has 13 amide bonds. The van der Waals surface area contributed by atoms with Crippen molar-refractivity contribution >= 4 is 142 Å². The molecule has 2 aromatic carbocycles. The highest BCUT2D eigenvalue weighted by Crippen LogP contribution is 2.23. The number of hydrogen-bond donors (Lipinski definition) is 23. The van der Waals surface area contributed by atoms with E-state index < -0.39 is 217 Å². The molecule has 0 aliphatic heterocycles. The molecule has 112 heavy (non-hydrogen) atoms. The molecule has 42 heteroatoms. The maximum Gasteiger partial charge on any atom is 0.328 e. The van der Waals surface area contributed by atoms with Crippen molar-refractivity contribution in [3.05, 3.63) is 90.0 Å². The summed E-state index contributed by atoms with van der Waals surface area (Å²) < 4.78 is 19.7. The van der Waals surface area contributed by atoms with Crippen molar-refractivity contribution in [1.29, 1.82) is 0 Å². The number of nitrogens with two attached hydrogens (primary N) is 4. The SMILES string of the molecule is CCC(C)[C@H](NC(=O)[C@H](CS)NC(=O)[C@@H](NC(=O)[C@H](Cc1c[nH]c2ccc(F)cc12)NC(=O)[C@H](CCC(N)=O)NC(=O)[C@H](CC(=O)O)NC(=O)[C@H](Cc1c[nH]c2ccccc12)NC(=O)CNC(=O)[C@H](C)NC(=O)[C@H](Cc1c[nH]cn1)NC(=O)[C@H](CCCN=C(N)N)NC(=O)[C@H](CS)NC(=O)[C@@H](N)[C@@H](C)O)C(C)C)C(=O)OC. The van der Waals surface area contributed by atoms with E-state index in [2.05, 4.69) is 114 Å². The van der Waals surface area contributed by atoms with Gasteiger partial charge in [-0.25, -0.2) is 14.2 Å². The molecule has 612 valence electrons. The lowest BCUT2D eigenvalue weighted by atomic mass is 9.98. The summed E-state index contributed by atoms with van der Waals surface area (Å²) in [5.41, 5.74) is 24.1. The molecule has 0 spiro atoms. The largest absolute Gasteiger partial charge is 0.481 e. The number of rotatable bonds is 46. The molecule has 0 aliphatic rings. The number of aliphatic hydroxyl groups is 1. The summed E-state index contributed by atoms with van der Waals surface area (Å²) in [4.78, 5) is 223. The van der Waals surface area contributed by atoms with E-state index in [-0.39, 0.29) is 66.3 Å². The number of fused-ring (bicyclic) bond motifs is 2. The summed E-state index contributed by atoms with van der Waals surface area (Å²) in [6.45, 7) is 8.18. The van der Waals surface area contributed by atoms with Crippen molar-refractivity contribution in [2.24, 2.45) is 39.8 Å². The van der Waals surface area contributed by atoms with Crippen LogP contribution >= 0.6 is 25.3 Å². The highest BCUT2D eigenvalue weighted by atomic mass is 32.1. The molecule has 14 atom stereocenters. The molecule has 3 heterocycles. The van der Waals surface area contributed by atoms with Crippen LogP contribution in [0.2, 0.25) is 0 Å². The number of ether oxygens (including phenoxy) is 1. The van der Waals surface area contributed by atoms with Gasteiger partial charge in [0.05, 0.1) is 38.2 Å². The number of benzene rings is 2. The molecule has 0 fully saturated rings. The summed E-state index contributed by atoms with van der Waals surface area (Å²) in [7, 11) is 1.14. The minimum absolute atomic E-state index is 0.00651. The zero-order valence-corrected chi connectivity index (χ0v) is 64.4. The first-order valence-corrected chi connectivity index (χ1v) is 36.9. The number of carboxylic acid groups (broad SMARTS) is 1. The number of primary amides is 1. The van der Waals surface area contributed by atoms with Crippen LogP contribution in [0.25, 0.3) is 21.8 Å². The number of amides is 13. The van der Waals surface area contributed by atoms with Gasteiger partial charge in [0, 0.05) is 84.1 Å². The number of halogens is 1. The van der Waals surface area contributed by atoms with E-state index in [1.807, 2.05) is 0 Å². The molecular formula is C70H100FN21O18S2. The lowest BCUT2D eigenvalue weighted by molar-refractivity contribution is -0.147. The van der Waals surface area contributed by atoms with Gasteiger partial charge in [0.15, 0.2) is 5.96 Å². The highest BCUT2D eigenvalue weighted by Gasteiger charge is 2.39. The third-order valence-corrected chi connectivity index (χ3v) is 18.6. The summed E-state index contributed by atoms with van der Waals surface area (Å²) in [5.74, 6) is -18.3. The molecule has 3 aromatic heterocycles. The number of aromatic amines is 3. The Balaban J connectivity index is 1.38. The molecule has 5 rings (SSSR count). The Labute approximate surface area is 653 Å². The van der Waals surface area contributed by atoms with E-state index in [1.165, 1.54) is 50.9 Å². The van der Waals surface area contributed by atoms with Gasteiger partial charge in [0.25, 0.3) is 0 Å². The van der Waals surface area contributed by atoms with Gasteiger partial charge < -0.3 is 117 Å². The Hall–Kier alpha value is -11.4. The number of carbonyl (C=O) groups excluding carboxylic acids is 14. The molecule has 39 nitrogen and oxygen atoms in total. The van der Waals surface area contributed by atoms with E-state index in [4.69, 9.17) is 27.7 Å². The predicted molar refractivity (Wildman–Crippen MR) is 410 cm³/mol. The molecule has 0 radical (unpaired) electrons. The fourth-order valence-corrected chi connectivity index (χ4v) is 11.8.